The molecule has 2 atom stereocenters. The second kappa shape index (κ2) is 8.82. The molecule has 1 heterocycles. The largest absolute Gasteiger partial charge is 0.466 e. The van der Waals surface area contributed by atoms with Gasteiger partial charge in [0.1, 0.15) is 11.1 Å². The number of esters is 1. The minimum absolute atomic E-state index is 0.0546. The molecule has 0 bridgehead atoms. The number of carbonyl (C=O) groups excluding carboxylic acids is 2. The Morgan fingerprint density at radius 1 is 1.25 bits per heavy atom. The van der Waals surface area contributed by atoms with E-state index in [-0.39, 0.29) is 16.1 Å². The molecule has 3 rings (SSSR count). The molecule has 1 aliphatic rings. The van der Waals surface area contributed by atoms with Crippen molar-refractivity contribution in [2.45, 2.75) is 44.9 Å². The van der Waals surface area contributed by atoms with Crippen molar-refractivity contribution in [1.82, 2.24) is 5.32 Å². The molecule has 32 heavy (non-hydrogen) atoms. The predicted molar refractivity (Wildman–Crippen MR) is 113 cm³/mol. The summed E-state index contributed by atoms with van der Waals surface area (Å²) in [5.41, 5.74) is -2.08. The maximum atomic E-state index is 14.4. The van der Waals surface area contributed by atoms with Crippen LogP contribution < -0.4 is 10.6 Å². The SMILES string of the molecule is COC(=O)[C@](NC(=O)c1ccc(C)cc1)(Nc1sc2c(c1C#N)CC[C@@H](C)C2)C(F)(F)F. The third-order valence-electron chi connectivity index (χ3n) is 5.46. The number of thiophene rings is 1. The molecule has 10 heteroatoms. The highest BCUT2D eigenvalue weighted by molar-refractivity contribution is 7.16. The topological polar surface area (TPSA) is 91.2 Å². The number of alkyl halides is 3. The van der Waals surface area contributed by atoms with E-state index in [1.807, 2.05) is 13.0 Å². The maximum Gasteiger partial charge on any atom is 0.441 e. The number of nitriles is 1. The lowest BCUT2D eigenvalue weighted by Gasteiger charge is -2.34. The van der Waals surface area contributed by atoms with Gasteiger partial charge in [0, 0.05) is 10.4 Å². The molecule has 2 aromatic rings. The molecule has 0 radical (unpaired) electrons. The summed E-state index contributed by atoms with van der Waals surface area (Å²) in [6, 6.07) is 7.80. The monoisotopic (exact) mass is 465 g/mol. The van der Waals surface area contributed by atoms with Crippen molar-refractivity contribution in [3.05, 3.63) is 51.4 Å². The molecule has 0 saturated carbocycles. The van der Waals surface area contributed by atoms with Gasteiger partial charge in [-0.3, -0.25) is 4.79 Å². The summed E-state index contributed by atoms with van der Waals surface area (Å²) in [5, 5.41) is 13.5. The number of nitrogens with one attached hydrogen (secondary N) is 2. The number of hydrogen-bond donors (Lipinski definition) is 2. The zero-order chi connectivity index (χ0) is 23.7. The van der Waals surface area contributed by atoms with Gasteiger partial charge in [-0.15, -0.1) is 11.3 Å². The van der Waals surface area contributed by atoms with E-state index in [2.05, 4.69) is 10.1 Å². The Labute approximate surface area is 187 Å². The number of amides is 1. The van der Waals surface area contributed by atoms with Crippen molar-refractivity contribution in [3.63, 3.8) is 0 Å². The van der Waals surface area contributed by atoms with Gasteiger partial charge in [0.15, 0.2) is 0 Å². The summed E-state index contributed by atoms with van der Waals surface area (Å²) < 4.78 is 47.5. The second-order valence-corrected chi connectivity index (χ2v) is 8.96. The summed E-state index contributed by atoms with van der Waals surface area (Å²) in [7, 11) is 0.800. The molecule has 2 N–H and O–H groups in total. The average molecular weight is 465 g/mol. The number of rotatable bonds is 5. The number of hydrogen-bond acceptors (Lipinski definition) is 6. The lowest BCUT2D eigenvalue weighted by molar-refractivity contribution is -0.203. The molecule has 170 valence electrons. The number of nitrogens with zero attached hydrogens (tertiary/aromatic N) is 1. The smallest absolute Gasteiger partial charge is 0.441 e. The fraction of sp³-hybridized carbons (Fsp3) is 0.409. The standard InChI is InChI=1S/C22H22F3N3O3S/c1-12-4-7-14(8-5-12)18(29)27-21(20(30)31-3,22(23,24)25)28-19-16(11-26)15-9-6-13(2)10-17(15)32-19/h4-5,7-8,13,28H,6,9-10H2,1-3H3,(H,27,29)/t13-,21+/m1/s1. The molecule has 0 unspecified atom stereocenters. The van der Waals surface area contributed by atoms with Crippen molar-refractivity contribution >= 4 is 28.2 Å². The van der Waals surface area contributed by atoms with Gasteiger partial charge in [0.25, 0.3) is 5.91 Å². The summed E-state index contributed by atoms with van der Waals surface area (Å²) in [6.07, 6.45) is -3.28. The van der Waals surface area contributed by atoms with Gasteiger partial charge in [0.2, 0.25) is 0 Å². The van der Waals surface area contributed by atoms with Crippen LogP contribution in [-0.4, -0.2) is 30.8 Å². The van der Waals surface area contributed by atoms with Crippen LogP contribution in [0.3, 0.4) is 0 Å². The number of methoxy groups -OCH3 is 1. The Hall–Kier alpha value is -3.06. The summed E-state index contributed by atoms with van der Waals surface area (Å²) in [6.45, 7) is 3.79. The zero-order valence-corrected chi connectivity index (χ0v) is 18.5. The molecular weight excluding hydrogens is 443 g/mol. The number of benzene rings is 1. The molecule has 1 amide bonds. The number of carbonyl (C=O) groups is 2. The van der Waals surface area contributed by atoms with E-state index in [1.165, 1.54) is 12.1 Å². The molecule has 0 spiro atoms. The number of anilines is 1. The normalized spacial score (nSPS) is 17.5. The van der Waals surface area contributed by atoms with Gasteiger partial charge in [-0.2, -0.15) is 18.4 Å². The Kier molecular flexibility index (Phi) is 6.51. The quantitative estimate of drug-likeness (QED) is 0.507. The lowest BCUT2D eigenvalue weighted by atomic mass is 9.88. The van der Waals surface area contributed by atoms with E-state index in [9.17, 15) is 28.0 Å². The second-order valence-electron chi connectivity index (χ2n) is 7.85. The van der Waals surface area contributed by atoms with Crippen LogP contribution >= 0.6 is 11.3 Å². The highest BCUT2D eigenvalue weighted by atomic mass is 32.1. The molecule has 1 aromatic heterocycles. The minimum atomic E-state index is -5.27. The molecule has 1 aromatic carbocycles. The first-order valence-corrected chi connectivity index (χ1v) is 10.7. The maximum absolute atomic E-state index is 14.4. The van der Waals surface area contributed by atoms with Crippen LogP contribution in [0.5, 0.6) is 0 Å². The van der Waals surface area contributed by atoms with Crippen LogP contribution in [0.1, 0.15) is 45.3 Å². The lowest BCUT2D eigenvalue weighted by Crippen LogP contribution is -2.69. The van der Waals surface area contributed by atoms with E-state index in [4.69, 9.17) is 0 Å². The Morgan fingerprint density at radius 2 is 1.91 bits per heavy atom. The van der Waals surface area contributed by atoms with Crippen LogP contribution in [0.15, 0.2) is 24.3 Å². The van der Waals surface area contributed by atoms with Crippen LogP contribution in [-0.2, 0) is 22.4 Å². The highest BCUT2D eigenvalue weighted by Crippen LogP contribution is 2.42. The van der Waals surface area contributed by atoms with Crippen molar-refractivity contribution in [1.29, 1.82) is 5.26 Å². The van der Waals surface area contributed by atoms with Gasteiger partial charge in [-0.1, -0.05) is 24.6 Å². The van der Waals surface area contributed by atoms with E-state index in [0.717, 1.165) is 35.3 Å². The summed E-state index contributed by atoms with van der Waals surface area (Å²) >= 11 is 0.993. The summed E-state index contributed by atoms with van der Waals surface area (Å²) in [4.78, 5) is 26.0. The van der Waals surface area contributed by atoms with E-state index >= 15 is 0 Å². The third kappa shape index (κ3) is 4.30. The number of ether oxygens (including phenoxy) is 1. The minimum Gasteiger partial charge on any atom is -0.466 e. The average Bonchev–Trinajstić information content (AvgIpc) is 3.07. The molecule has 1 aliphatic carbocycles. The van der Waals surface area contributed by atoms with E-state index in [0.29, 0.717) is 24.3 Å². The first-order valence-electron chi connectivity index (χ1n) is 9.89. The number of halogens is 3. The van der Waals surface area contributed by atoms with Crippen LogP contribution in [0.25, 0.3) is 0 Å². The number of fused-ring (bicyclic) bond motifs is 1. The van der Waals surface area contributed by atoms with Gasteiger partial charge in [-0.25, -0.2) is 4.79 Å². The summed E-state index contributed by atoms with van der Waals surface area (Å²) in [5.74, 6) is -2.53. The highest BCUT2D eigenvalue weighted by Gasteiger charge is 2.64. The van der Waals surface area contributed by atoms with Crippen molar-refractivity contribution in [2.24, 2.45) is 5.92 Å². The zero-order valence-electron chi connectivity index (χ0n) is 17.7. The first kappa shape index (κ1) is 23.6. The third-order valence-corrected chi connectivity index (χ3v) is 6.63. The Bertz CT molecular complexity index is 1070. The fourth-order valence-corrected chi connectivity index (χ4v) is 5.04. The van der Waals surface area contributed by atoms with Crippen LogP contribution in [0, 0.1) is 24.2 Å². The van der Waals surface area contributed by atoms with Crippen molar-refractivity contribution in [2.75, 3.05) is 12.4 Å². The van der Waals surface area contributed by atoms with Crippen molar-refractivity contribution < 1.29 is 27.5 Å². The van der Waals surface area contributed by atoms with Gasteiger partial charge in [-0.05, 0) is 49.8 Å². The van der Waals surface area contributed by atoms with Crippen LogP contribution in [0.4, 0.5) is 18.2 Å². The molecule has 0 saturated heterocycles. The molecule has 0 fully saturated rings. The van der Waals surface area contributed by atoms with Gasteiger partial charge < -0.3 is 15.4 Å². The predicted octanol–water partition coefficient (Wildman–Crippen LogP) is 4.33. The van der Waals surface area contributed by atoms with Gasteiger partial charge >= 0.3 is 17.8 Å². The Balaban J connectivity index is 2.08. The molecular formula is C22H22F3N3O3S. The first-order chi connectivity index (χ1) is 15.0. The molecule has 0 aliphatic heterocycles. The number of aryl methyl sites for hydroxylation is 1. The Morgan fingerprint density at radius 3 is 2.47 bits per heavy atom. The van der Waals surface area contributed by atoms with Crippen LogP contribution in [0.2, 0.25) is 0 Å². The fourth-order valence-electron chi connectivity index (χ4n) is 3.62. The van der Waals surface area contributed by atoms with E-state index in [1.54, 1.807) is 24.4 Å². The van der Waals surface area contributed by atoms with Gasteiger partial charge in [0.05, 0.1) is 12.7 Å². The molecule has 6 nitrogen and oxygen atoms in total. The van der Waals surface area contributed by atoms with E-state index < -0.39 is 23.7 Å². The van der Waals surface area contributed by atoms with Crippen molar-refractivity contribution in [3.8, 4) is 6.07 Å².